The van der Waals surface area contributed by atoms with Crippen LogP contribution in [0.25, 0.3) is 0 Å². The number of aliphatic hydroxyl groups excluding tert-OH is 1. The van der Waals surface area contributed by atoms with Crippen molar-refractivity contribution in [1.29, 1.82) is 0 Å². The Morgan fingerprint density at radius 2 is 2.07 bits per heavy atom. The van der Waals surface area contributed by atoms with Crippen LogP contribution in [-0.2, 0) is 5.41 Å². The first-order valence-electron chi connectivity index (χ1n) is 4.56. The summed E-state index contributed by atoms with van der Waals surface area (Å²) in [5, 5.41) is 9.88. The molecule has 0 fully saturated rings. The minimum Gasteiger partial charge on any atom is -0.495 e. The molecule has 0 saturated heterocycles. The highest BCUT2D eigenvalue weighted by Gasteiger charge is 2.25. The summed E-state index contributed by atoms with van der Waals surface area (Å²) in [4.78, 5) is 0. The smallest absolute Gasteiger partial charge is 0.141 e. The molecule has 84 valence electrons. The second-order valence-corrected chi connectivity index (χ2v) is 5.33. The van der Waals surface area contributed by atoms with Gasteiger partial charge >= 0.3 is 0 Å². The second-order valence-electron chi connectivity index (χ2n) is 4.01. The van der Waals surface area contributed by atoms with Crippen molar-refractivity contribution < 1.29 is 9.84 Å². The SMILES string of the molecule is COc1c(Cl)cc(Br)cc1C(C)(C)CO. The van der Waals surface area contributed by atoms with Crippen molar-refractivity contribution in [2.75, 3.05) is 13.7 Å². The highest BCUT2D eigenvalue weighted by atomic mass is 79.9. The van der Waals surface area contributed by atoms with E-state index in [9.17, 15) is 5.11 Å². The van der Waals surface area contributed by atoms with Crippen LogP contribution in [0.5, 0.6) is 5.75 Å². The number of hydrogen-bond donors (Lipinski definition) is 1. The molecular formula is C11H14BrClO2. The molecule has 0 unspecified atom stereocenters. The van der Waals surface area contributed by atoms with Crippen LogP contribution < -0.4 is 4.74 Å². The summed E-state index contributed by atoms with van der Waals surface area (Å²) in [6.45, 7) is 3.91. The number of methoxy groups -OCH3 is 1. The quantitative estimate of drug-likeness (QED) is 0.926. The Labute approximate surface area is 103 Å². The van der Waals surface area contributed by atoms with E-state index in [0.717, 1.165) is 10.0 Å². The molecule has 0 saturated carbocycles. The molecular weight excluding hydrogens is 279 g/mol. The molecule has 2 nitrogen and oxygen atoms in total. The maximum atomic E-state index is 9.34. The van der Waals surface area contributed by atoms with E-state index in [-0.39, 0.29) is 12.0 Å². The van der Waals surface area contributed by atoms with Gasteiger partial charge in [-0.2, -0.15) is 0 Å². The highest BCUT2D eigenvalue weighted by Crippen LogP contribution is 2.39. The number of benzene rings is 1. The van der Waals surface area contributed by atoms with Gasteiger partial charge in [0.2, 0.25) is 0 Å². The third-order valence-corrected chi connectivity index (χ3v) is 3.08. The predicted octanol–water partition coefficient (Wildman–Crippen LogP) is 3.38. The van der Waals surface area contributed by atoms with E-state index >= 15 is 0 Å². The van der Waals surface area contributed by atoms with Gasteiger partial charge in [-0.3, -0.25) is 0 Å². The largest absolute Gasteiger partial charge is 0.495 e. The molecule has 0 heterocycles. The van der Waals surface area contributed by atoms with Gasteiger partial charge < -0.3 is 9.84 Å². The lowest BCUT2D eigenvalue weighted by Gasteiger charge is -2.25. The lowest BCUT2D eigenvalue weighted by atomic mass is 9.85. The fourth-order valence-corrected chi connectivity index (χ4v) is 2.24. The van der Waals surface area contributed by atoms with Crippen molar-refractivity contribution in [1.82, 2.24) is 0 Å². The third kappa shape index (κ3) is 2.65. The average Bonchev–Trinajstić information content (AvgIpc) is 2.16. The maximum Gasteiger partial charge on any atom is 0.141 e. The number of ether oxygens (including phenoxy) is 1. The van der Waals surface area contributed by atoms with Crippen LogP contribution in [0, 0.1) is 0 Å². The average molecular weight is 294 g/mol. The second kappa shape index (κ2) is 4.73. The summed E-state index contributed by atoms with van der Waals surface area (Å²) in [6.07, 6.45) is 0. The molecule has 0 radical (unpaired) electrons. The minimum atomic E-state index is -0.376. The highest BCUT2D eigenvalue weighted by molar-refractivity contribution is 9.10. The molecule has 1 aromatic carbocycles. The monoisotopic (exact) mass is 292 g/mol. The van der Waals surface area contributed by atoms with Crippen molar-refractivity contribution in [2.45, 2.75) is 19.3 Å². The molecule has 1 N–H and O–H groups in total. The Bertz CT molecular complexity index is 364. The first kappa shape index (κ1) is 12.8. The summed E-state index contributed by atoms with van der Waals surface area (Å²) >= 11 is 9.44. The van der Waals surface area contributed by atoms with Gasteiger partial charge in [-0.05, 0) is 12.1 Å². The minimum absolute atomic E-state index is 0.0378. The molecule has 1 aromatic rings. The Kier molecular flexibility index (Phi) is 4.04. The molecule has 1 rings (SSSR count). The number of rotatable bonds is 3. The topological polar surface area (TPSA) is 29.5 Å². The van der Waals surface area contributed by atoms with E-state index in [1.807, 2.05) is 19.9 Å². The molecule has 0 atom stereocenters. The van der Waals surface area contributed by atoms with Crippen LogP contribution in [0.4, 0.5) is 0 Å². The number of halogens is 2. The fourth-order valence-electron chi connectivity index (χ4n) is 1.36. The van der Waals surface area contributed by atoms with Gasteiger partial charge in [0.1, 0.15) is 5.75 Å². The zero-order chi connectivity index (χ0) is 11.6. The lowest BCUT2D eigenvalue weighted by Crippen LogP contribution is -2.23. The first-order valence-corrected chi connectivity index (χ1v) is 5.74. The Morgan fingerprint density at radius 1 is 1.47 bits per heavy atom. The Balaban J connectivity index is 3.39. The maximum absolute atomic E-state index is 9.34. The molecule has 0 aliphatic rings. The molecule has 4 heteroatoms. The summed E-state index contributed by atoms with van der Waals surface area (Å²) < 4.78 is 6.13. The van der Waals surface area contributed by atoms with Gasteiger partial charge in [0.05, 0.1) is 18.7 Å². The molecule has 0 aliphatic heterocycles. The molecule has 0 amide bonds. The van der Waals surface area contributed by atoms with Gasteiger partial charge in [-0.25, -0.2) is 0 Å². The molecule has 0 aromatic heterocycles. The van der Waals surface area contributed by atoms with Crippen molar-refractivity contribution in [3.63, 3.8) is 0 Å². The summed E-state index contributed by atoms with van der Waals surface area (Å²) in [6, 6.07) is 3.69. The zero-order valence-corrected chi connectivity index (χ0v) is 11.3. The van der Waals surface area contributed by atoms with E-state index in [1.165, 1.54) is 0 Å². The van der Waals surface area contributed by atoms with Crippen LogP contribution in [-0.4, -0.2) is 18.8 Å². The number of hydrogen-bond acceptors (Lipinski definition) is 2. The van der Waals surface area contributed by atoms with Crippen LogP contribution in [0.1, 0.15) is 19.4 Å². The summed E-state index contributed by atoms with van der Waals surface area (Å²) in [5.74, 6) is 0.624. The van der Waals surface area contributed by atoms with Crippen LogP contribution in [0.3, 0.4) is 0 Å². The standard InChI is InChI=1S/C11H14BrClO2/c1-11(2,6-14)8-4-7(12)5-9(13)10(8)15-3/h4-5,14H,6H2,1-3H3. The molecule has 0 aliphatic carbocycles. The normalized spacial score (nSPS) is 11.6. The predicted molar refractivity (Wildman–Crippen MR) is 65.8 cm³/mol. The Hall–Kier alpha value is -0.250. The first-order chi connectivity index (χ1) is 6.92. The Morgan fingerprint density at radius 3 is 2.53 bits per heavy atom. The molecule has 0 spiro atoms. The summed E-state index contributed by atoms with van der Waals surface area (Å²) in [7, 11) is 1.58. The van der Waals surface area contributed by atoms with Crippen molar-refractivity contribution in [3.8, 4) is 5.75 Å². The van der Waals surface area contributed by atoms with Crippen LogP contribution >= 0.6 is 27.5 Å². The molecule has 0 bridgehead atoms. The van der Waals surface area contributed by atoms with E-state index < -0.39 is 0 Å². The summed E-state index contributed by atoms with van der Waals surface area (Å²) in [5.41, 5.74) is 0.519. The third-order valence-electron chi connectivity index (χ3n) is 2.34. The van der Waals surface area contributed by atoms with E-state index in [2.05, 4.69) is 15.9 Å². The zero-order valence-electron chi connectivity index (χ0n) is 8.97. The van der Waals surface area contributed by atoms with Crippen molar-refractivity contribution in [3.05, 3.63) is 27.2 Å². The van der Waals surface area contributed by atoms with E-state index in [0.29, 0.717) is 10.8 Å². The van der Waals surface area contributed by atoms with Crippen LogP contribution in [0.15, 0.2) is 16.6 Å². The lowest BCUT2D eigenvalue weighted by molar-refractivity contribution is 0.215. The van der Waals surface area contributed by atoms with Crippen molar-refractivity contribution in [2.24, 2.45) is 0 Å². The van der Waals surface area contributed by atoms with Gasteiger partial charge in [0.15, 0.2) is 0 Å². The van der Waals surface area contributed by atoms with Crippen molar-refractivity contribution >= 4 is 27.5 Å². The number of aliphatic hydroxyl groups is 1. The van der Waals surface area contributed by atoms with Gasteiger partial charge in [-0.1, -0.05) is 41.4 Å². The molecule has 15 heavy (non-hydrogen) atoms. The van der Waals surface area contributed by atoms with Crippen LogP contribution in [0.2, 0.25) is 5.02 Å². The van der Waals surface area contributed by atoms with E-state index in [4.69, 9.17) is 16.3 Å². The van der Waals surface area contributed by atoms with Gasteiger partial charge in [0, 0.05) is 15.5 Å². The van der Waals surface area contributed by atoms with Gasteiger partial charge in [-0.15, -0.1) is 0 Å². The van der Waals surface area contributed by atoms with Gasteiger partial charge in [0.25, 0.3) is 0 Å². The fraction of sp³-hybridized carbons (Fsp3) is 0.455. The van der Waals surface area contributed by atoms with E-state index in [1.54, 1.807) is 13.2 Å².